The van der Waals surface area contributed by atoms with Crippen LogP contribution >= 0.6 is 11.6 Å². The summed E-state index contributed by atoms with van der Waals surface area (Å²) >= 11 is 5.86. The van der Waals surface area contributed by atoms with Crippen LogP contribution in [0.25, 0.3) is 11.4 Å². The van der Waals surface area contributed by atoms with Crippen molar-refractivity contribution in [3.8, 4) is 11.4 Å². The van der Waals surface area contributed by atoms with Gasteiger partial charge in [-0.15, -0.1) is 10.2 Å². The molecule has 0 spiro atoms. The van der Waals surface area contributed by atoms with Crippen LogP contribution in [0.5, 0.6) is 0 Å². The van der Waals surface area contributed by atoms with Crippen LogP contribution in [-0.4, -0.2) is 57.1 Å². The molecule has 32 heavy (non-hydrogen) atoms. The molecule has 3 aromatic rings. The van der Waals surface area contributed by atoms with Crippen LogP contribution in [0, 0.1) is 0 Å². The van der Waals surface area contributed by atoms with Gasteiger partial charge < -0.3 is 9.30 Å². The summed E-state index contributed by atoms with van der Waals surface area (Å²) in [5, 5.41) is 8.31. The van der Waals surface area contributed by atoms with Crippen LogP contribution in [0.3, 0.4) is 0 Å². The van der Waals surface area contributed by atoms with Crippen molar-refractivity contribution in [1.82, 2.24) is 29.7 Å². The van der Waals surface area contributed by atoms with E-state index in [1.165, 1.54) is 12.4 Å². The van der Waals surface area contributed by atoms with Crippen LogP contribution < -0.4 is 0 Å². The second kappa shape index (κ2) is 8.84. The first-order valence-electron chi connectivity index (χ1n) is 10.3. The molecule has 1 saturated carbocycles. The number of halogens is 1. The van der Waals surface area contributed by atoms with Gasteiger partial charge >= 0.3 is 0 Å². The smallest absolute Gasteiger partial charge is 0.166 e. The molecule has 0 amide bonds. The molecular formula is C21H25ClN6O3S. The number of sulfone groups is 1. The molecule has 4 rings (SSSR count). The Morgan fingerprint density at radius 3 is 2.50 bits per heavy atom. The number of ether oxygens (including phenoxy) is 1. The lowest BCUT2D eigenvalue weighted by Crippen LogP contribution is -2.30. The number of methoxy groups -OCH3 is 1. The molecule has 0 radical (unpaired) electrons. The standard InChI is InChI=1S/C21H25ClN6O3S/c1-14(19-24-10-17(22)11-25-19)15(2)32(29,30)12-18-26-27-20(16-5-4-8-23-9-16)28(18)21(6-7-21)13-31-3/h4-5,8-11,14-15H,6-7,12-13H2,1-3H3/t14-,15-/m0/s1. The van der Waals surface area contributed by atoms with E-state index in [0.717, 1.165) is 18.4 Å². The van der Waals surface area contributed by atoms with Gasteiger partial charge in [0.05, 0.1) is 22.4 Å². The summed E-state index contributed by atoms with van der Waals surface area (Å²) in [4.78, 5) is 12.6. The van der Waals surface area contributed by atoms with Gasteiger partial charge in [0.1, 0.15) is 17.4 Å². The van der Waals surface area contributed by atoms with E-state index in [-0.39, 0.29) is 11.3 Å². The highest BCUT2D eigenvalue weighted by Crippen LogP contribution is 2.46. The van der Waals surface area contributed by atoms with E-state index >= 15 is 0 Å². The number of nitrogens with zero attached hydrogens (tertiary/aromatic N) is 6. The minimum atomic E-state index is -3.60. The van der Waals surface area contributed by atoms with Gasteiger partial charge in [0.2, 0.25) is 0 Å². The predicted molar refractivity (Wildman–Crippen MR) is 120 cm³/mol. The average molecular weight is 477 g/mol. The molecule has 0 saturated heterocycles. The van der Waals surface area contributed by atoms with Crippen LogP contribution in [-0.2, 0) is 25.9 Å². The third kappa shape index (κ3) is 4.39. The molecule has 3 aromatic heterocycles. The normalized spacial score (nSPS) is 17.1. The topological polar surface area (TPSA) is 113 Å². The zero-order valence-corrected chi connectivity index (χ0v) is 19.7. The van der Waals surface area contributed by atoms with Gasteiger partial charge in [-0.25, -0.2) is 18.4 Å². The molecule has 0 bridgehead atoms. The molecule has 1 fully saturated rings. The molecule has 0 unspecified atom stereocenters. The Kier molecular flexibility index (Phi) is 6.28. The number of rotatable bonds is 9. The van der Waals surface area contributed by atoms with E-state index in [9.17, 15) is 8.42 Å². The molecule has 3 heterocycles. The van der Waals surface area contributed by atoms with E-state index in [1.54, 1.807) is 33.4 Å². The van der Waals surface area contributed by atoms with Crippen molar-refractivity contribution in [3.63, 3.8) is 0 Å². The van der Waals surface area contributed by atoms with E-state index in [0.29, 0.717) is 29.1 Å². The van der Waals surface area contributed by atoms with Crippen LogP contribution in [0.1, 0.15) is 44.3 Å². The molecule has 1 aliphatic carbocycles. The monoisotopic (exact) mass is 476 g/mol. The van der Waals surface area contributed by atoms with Crippen molar-refractivity contribution < 1.29 is 13.2 Å². The van der Waals surface area contributed by atoms with Crippen molar-refractivity contribution in [2.75, 3.05) is 13.7 Å². The van der Waals surface area contributed by atoms with Crippen LogP contribution in [0.4, 0.5) is 0 Å². The fraction of sp³-hybridized carbons (Fsp3) is 0.476. The molecule has 9 nitrogen and oxygen atoms in total. The summed E-state index contributed by atoms with van der Waals surface area (Å²) in [6.45, 7) is 3.92. The molecule has 0 aromatic carbocycles. The van der Waals surface area contributed by atoms with Crippen molar-refractivity contribution in [2.45, 2.75) is 49.1 Å². The maximum atomic E-state index is 13.4. The van der Waals surface area contributed by atoms with Crippen LogP contribution in [0.2, 0.25) is 5.02 Å². The molecule has 2 atom stereocenters. The zero-order valence-electron chi connectivity index (χ0n) is 18.1. The Bertz CT molecular complexity index is 1180. The molecule has 11 heteroatoms. The maximum Gasteiger partial charge on any atom is 0.166 e. The third-order valence-corrected chi connectivity index (χ3v) is 8.41. The minimum Gasteiger partial charge on any atom is -0.382 e. The van der Waals surface area contributed by atoms with Gasteiger partial charge in [0.15, 0.2) is 15.7 Å². The highest BCUT2D eigenvalue weighted by Gasteiger charge is 2.48. The first-order valence-corrected chi connectivity index (χ1v) is 12.4. The minimum absolute atomic E-state index is 0.245. The summed E-state index contributed by atoms with van der Waals surface area (Å²) in [6, 6.07) is 3.70. The molecule has 0 aliphatic heterocycles. The lowest BCUT2D eigenvalue weighted by molar-refractivity contribution is 0.143. The molecule has 1 aliphatic rings. The summed E-state index contributed by atoms with van der Waals surface area (Å²) in [5.41, 5.74) is 0.435. The van der Waals surface area contributed by atoms with Crippen molar-refractivity contribution in [3.05, 3.63) is 53.6 Å². The van der Waals surface area contributed by atoms with Crippen molar-refractivity contribution >= 4 is 21.4 Å². The van der Waals surface area contributed by atoms with Gasteiger partial charge in [-0.05, 0) is 31.9 Å². The fourth-order valence-corrected chi connectivity index (χ4v) is 5.48. The summed E-state index contributed by atoms with van der Waals surface area (Å²) in [7, 11) is -1.96. The maximum absolute atomic E-state index is 13.4. The predicted octanol–water partition coefficient (Wildman–Crippen LogP) is 3.03. The number of hydrogen-bond donors (Lipinski definition) is 0. The van der Waals surface area contributed by atoms with Gasteiger partial charge in [0, 0.05) is 43.4 Å². The highest BCUT2D eigenvalue weighted by atomic mass is 35.5. The Labute approximate surface area is 192 Å². The first-order chi connectivity index (χ1) is 15.3. The first kappa shape index (κ1) is 22.8. The molecule has 0 N–H and O–H groups in total. The Morgan fingerprint density at radius 1 is 1.19 bits per heavy atom. The largest absolute Gasteiger partial charge is 0.382 e. The zero-order chi connectivity index (χ0) is 22.9. The van der Waals surface area contributed by atoms with E-state index in [2.05, 4.69) is 25.1 Å². The fourth-order valence-electron chi connectivity index (χ4n) is 3.83. The van der Waals surface area contributed by atoms with E-state index < -0.39 is 21.0 Å². The Morgan fingerprint density at radius 2 is 1.91 bits per heavy atom. The lowest BCUT2D eigenvalue weighted by Gasteiger charge is -2.23. The quantitative estimate of drug-likeness (QED) is 0.463. The van der Waals surface area contributed by atoms with Crippen molar-refractivity contribution in [1.29, 1.82) is 0 Å². The second-order valence-corrected chi connectivity index (χ2v) is 11.0. The Balaban J connectivity index is 1.68. The highest BCUT2D eigenvalue weighted by molar-refractivity contribution is 7.91. The van der Waals surface area contributed by atoms with Gasteiger partial charge in [-0.2, -0.15) is 0 Å². The van der Waals surface area contributed by atoms with Gasteiger partial charge in [-0.3, -0.25) is 4.98 Å². The SMILES string of the molecule is COCC1(n2c(CS(=O)(=O)[C@@H](C)[C@H](C)c3ncc(Cl)cn3)nnc2-c2cccnc2)CC1. The van der Waals surface area contributed by atoms with Crippen LogP contribution in [0.15, 0.2) is 36.9 Å². The lowest BCUT2D eigenvalue weighted by atomic mass is 10.1. The summed E-state index contributed by atoms with van der Waals surface area (Å²) in [5.74, 6) is 0.764. The average Bonchev–Trinajstić information content (AvgIpc) is 3.44. The number of hydrogen-bond acceptors (Lipinski definition) is 8. The van der Waals surface area contributed by atoms with Gasteiger partial charge in [-0.1, -0.05) is 18.5 Å². The van der Waals surface area contributed by atoms with Gasteiger partial charge in [0.25, 0.3) is 0 Å². The summed E-state index contributed by atoms with van der Waals surface area (Å²) in [6.07, 6.45) is 8.05. The van der Waals surface area contributed by atoms with E-state index in [4.69, 9.17) is 16.3 Å². The second-order valence-electron chi connectivity index (χ2n) is 8.23. The summed E-state index contributed by atoms with van der Waals surface area (Å²) < 4.78 is 34.1. The number of aromatic nitrogens is 6. The third-order valence-electron chi connectivity index (χ3n) is 6.01. The molecular weight excluding hydrogens is 452 g/mol. The van der Waals surface area contributed by atoms with E-state index in [1.807, 2.05) is 16.7 Å². The van der Waals surface area contributed by atoms with Crippen molar-refractivity contribution in [2.24, 2.45) is 0 Å². The number of pyridine rings is 1. The molecule has 170 valence electrons. The Hall–Kier alpha value is -2.43.